The molecule has 3 aromatic carbocycles. The van der Waals surface area contributed by atoms with E-state index < -0.39 is 23.5 Å². The zero-order chi connectivity index (χ0) is 29.1. The van der Waals surface area contributed by atoms with Gasteiger partial charge in [-0.3, -0.25) is 14.5 Å². The molecule has 0 aromatic heterocycles. The van der Waals surface area contributed by atoms with E-state index in [9.17, 15) is 19.6 Å². The fourth-order valence-electron chi connectivity index (χ4n) is 5.97. The summed E-state index contributed by atoms with van der Waals surface area (Å²) in [5, 5.41) is 15.7. The van der Waals surface area contributed by atoms with E-state index in [2.05, 4.69) is 10.5 Å². The summed E-state index contributed by atoms with van der Waals surface area (Å²) in [6, 6.07) is 27.6. The quantitative estimate of drug-likeness (QED) is 0.171. The smallest absolute Gasteiger partial charge is 0.356 e. The average Bonchev–Trinajstić information content (AvgIpc) is 3.52. The van der Waals surface area contributed by atoms with Crippen LogP contribution in [-0.4, -0.2) is 50.8 Å². The highest BCUT2D eigenvalue weighted by Gasteiger charge is 2.55. The summed E-state index contributed by atoms with van der Waals surface area (Å²) in [6.45, 7) is 0. The van der Waals surface area contributed by atoms with Gasteiger partial charge in [-0.1, -0.05) is 96.2 Å². The van der Waals surface area contributed by atoms with E-state index in [0.717, 1.165) is 35.1 Å². The molecule has 1 unspecified atom stereocenters. The maximum atomic E-state index is 14.1. The van der Waals surface area contributed by atoms with Gasteiger partial charge in [-0.2, -0.15) is 0 Å². The molecule has 2 aliphatic heterocycles. The first kappa shape index (κ1) is 27.8. The molecule has 2 fully saturated rings. The van der Waals surface area contributed by atoms with Crippen molar-refractivity contribution in [3.05, 3.63) is 119 Å². The fourth-order valence-corrected chi connectivity index (χ4v) is 7.40. The predicted octanol–water partition coefficient (Wildman–Crippen LogP) is 4.85. The number of carbonyl (C=O) groups is 3. The minimum atomic E-state index is -0.746. The van der Waals surface area contributed by atoms with Crippen LogP contribution in [0.25, 0.3) is 0 Å². The summed E-state index contributed by atoms with van der Waals surface area (Å²) in [7, 11) is 0. The second-order valence-electron chi connectivity index (χ2n) is 10.6. The summed E-state index contributed by atoms with van der Waals surface area (Å²) in [6.07, 6.45) is 1.65. The van der Waals surface area contributed by atoms with Crippen molar-refractivity contribution in [2.45, 2.75) is 43.2 Å². The number of amides is 2. The Kier molecular flexibility index (Phi) is 8.10. The van der Waals surface area contributed by atoms with E-state index in [1.54, 1.807) is 0 Å². The van der Waals surface area contributed by atoms with Crippen LogP contribution in [0.1, 0.15) is 42.1 Å². The van der Waals surface area contributed by atoms with Crippen LogP contribution >= 0.6 is 11.8 Å². The third-order valence-corrected chi connectivity index (χ3v) is 9.32. The summed E-state index contributed by atoms with van der Waals surface area (Å²) in [5.41, 5.74) is 4.00. The zero-order valence-electron chi connectivity index (χ0n) is 22.9. The summed E-state index contributed by atoms with van der Waals surface area (Å²) in [5.74, 6) is -1.02. The molecule has 9 heteroatoms. The number of benzene rings is 3. The van der Waals surface area contributed by atoms with Gasteiger partial charge < -0.3 is 15.3 Å². The third kappa shape index (κ3) is 5.44. The van der Waals surface area contributed by atoms with Crippen LogP contribution in [0.3, 0.4) is 0 Å². The van der Waals surface area contributed by atoms with Gasteiger partial charge in [0.2, 0.25) is 5.91 Å². The molecule has 8 nitrogen and oxygen atoms in total. The van der Waals surface area contributed by atoms with Crippen molar-refractivity contribution in [1.82, 2.24) is 10.2 Å². The van der Waals surface area contributed by atoms with E-state index in [1.165, 1.54) is 16.7 Å². The summed E-state index contributed by atoms with van der Waals surface area (Å²) in [4.78, 5) is 42.1. The first-order valence-corrected chi connectivity index (χ1v) is 15.1. The maximum Gasteiger partial charge on any atom is 0.356 e. The number of nitrogens with one attached hydrogen (secondary N) is 1. The Hall–Kier alpha value is -4.37. The van der Waals surface area contributed by atoms with Gasteiger partial charge in [-0.05, 0) is 41.5 Å². The average molecular weight is 582 g/mol. The topological polar surface area (TPSA) is 108 Å². The van der Waals surface area contributed by atoms with Gasteiger partial charge in [0, 0.05) is 11.7 Å². The molecule has 42 heavy (non-hydrogen) atoms. The molecule has 1 aliphatic carbocycles. The molecule has 3 aromatic rings. The number of oxime groups is 1. The number of fused-ring (bicyclic) bond motifs is 1. The van der Waals surface area contributed by atoms with Crippen molar-refractivity contribution in [1.29, 1.82) is 0 Å². The van der Waals surface area contributed by atoms with E-state index >= 15 is 0 Å². The molecular formula is C33H31N3O5S. The lowest BCUT2D eigenvalue weighted by molar-refractivity contribution is -0.154. The van der Waals surface area contributed by atoms with Crippen LogP contribution in [0, 0.1) is 5.92 Å². The number of ether oxygens (including phenoxy) is 1. The fraction of sp³-hybridized carbons (Fsp3) is 0.273. The zero-order valence-corrected chi connectivity index (χ0v) is 23.7. The minimum absolute atomic E-state index is 0.159. The van der Waals surface area contributed by atoms with Crippen LogP contribution in [0.15, 0.2) is 107 Å². The largest absolute Gasteiger partial charge is 0.448 e. The Balaban J connectivity index is 1.30. The molecule has 0 bridgehead atoms. The van der Waals surface area contributed by atoms with Crippen molar-refractivity contribution in [2.24, 2.45) is 11.1 Å². The molecule has 0 radical (unpaired) electrons. The first-order chi connectivity index (χ1) is 20.5. The molecule has 2 amide bonds. The number of carbonyl (C=O) groups excluding carboxylic acids is 3. The molecule has 1 saturated carbocycles. The minimum Gasteiger partial charge on any atom is -0.448 e. The number of rotatable bonds is 8. The Bertz CT molecular complexity index is 1490. The van der Waals surface area contributed by atoms with Crippen molar-refractivity contribution >= 4 is 35.3 Å². The summed E-state index contributed by atoms with van der Waals surface area (Å²) >= 11 is 1.50. The Morgan fingerprint density at radius 1 is 0.976 bits per heavy atom. The third-order valence-electron chi connectivity index (χ3n) is 8.02. The molecule has 3 atom stereocenters. The second kappa shape index (κ2) is 12.2. The van der Waals surface area contributed by atoms with Crippen molar-refractivity contribution in [3.8, 4) is 0 Å². The van der Waals surface area contributed by atoms with E-state index in [-0.39, 0.29) is 29.9 Å². The lowest BCUT2D eigenvalue weighted by Gasteiger charge is -2.50. The molecule has 1 saturated heterocycles. The molecule has 3 aliphatic rings. The number of hydrogen-bond donors (Lipinski definition) is 2. The highest BCUT2D eigenvalue weighted by atomic mass is 32.2. The number of nitrogens with zero attached hydrogens (tertiary/aromatic N) is 2. The molecule has 2 heterocycles. The van der Waals surface area contributed by atoms with E-state index in [1.807, 2.05) is 91.0 Å². The molecule has 6 rings (SSSR count). The van der Waals surface area contributed by atoms with Crippen LogP contribution in [0.4, 0.5) is 0 Å². The maximum absolute atomic E-state index is 14.1. The van der Waals surface area contributed by atoms with Gasteiger partial charge in [0.05, 0.1) is 12.1 Å². The van der Waals surface area contributed by atoms with Crippen LogP contribution in [0.2, 0.25) is 0 Å². The number of hydrogen-bond acceptors (Lipinski definition) is 7. The normalized spacial score (nSPS) is 22.6. The Morgan fingerprint density at radius 3 is 2.21 bits per heavy atom. The van der Waals surface area contributed by atoms with E-state index in [4.69, 9.17) is 4.74 Å². The lowest BCUT2D eigenvalue weighted by Crippen LogP contribution is -2.71. The van der Waals surface area contributed by atoms with Gasteiger partial charge in [0.15, 0.2) is 6.10 Å². The van der Waals surface area contributed by atoms with Gasteiger partial charge in [0.1, 0.15) is 17.1 Å². The lowest BCUT2D eigenvalue weighted by atomic mass is 9.92. The predicted molar refractivity (Wildman–Crippen MR) is 160 cm³/mol. The van der Waals surface area contributed by atoms with Crippen molar-refractivity contribution in [3.63, 3.8) is 0 Å². The van der Waals surface area contributed by atoms with Gasteiger partial charge in [-0.15, -0.1) is 11.8 Å². The number of esters is 1. The highest BCUT2D eigenvalue weighted by Crippen LogP contribution is 2.45. The molecular weight excluding hydrogens is 550 g/mol. The van der Waals surface area contributed by atoms with Gasteiger partial charge in [0.25, 0.3) is 5.91 Å². The van der Waals surface area contributed by atoms with Gasteiger partial charge >= 0.3 is 5.97 Å². The van der Waals surface area contributed by atoms with Crippen molar-refractivity contribution in [2.75, 3.05) is 5.75 Å². The summed E-state index contributed by atoms with van der Waals surface area (Å²) < 4.78 is 6.23. The van der Waals surface area contributed by atoms with Crippen LogP contribution in [-0.2, 0) is 25.5 Å². The Morgan fingerprint density at radius 2 is 1.60 bits per heavy atom. The van der Waals surface area contributed by atoms with Crippen LogP contribution < -0.4 is 5.32 Å². The highest BCUT2D eigenvalue weighted by molar-refractivity contribution is 8.00. The second-order valence-corrected chi connectivity index (χ2v) is 11.7. The molecule has 2 N–H and O–H groups in total. The molecule has 214 valence electrons. The van der Waals surface area contributed by atoms with Crippen LogP contribution in [0.5, 0.6) is 0 Å². The monoisotopic (exact) mass is 581 g/mol. The Labute approximate surface area is 248 Å². The first-order valence-electron chi connectivity index (χ1n) is 14.1. The van der Waals surface area contributed by atoms with Gasteiger partial charge in [-0.25, -0.2) is 4.79 Å². The molecule has 0 spiro atoms. The van der Waals surface area contributed by atoms with Crippen molar-refractivity contribution < 1.29 is 24.3 Å². The number of β-lactam (4-membered cyclic amide) rings is 1. The standard InChI is InChI=1S/C33H31N3O5S/c37-27(19-21-11-4-1-5-12-21)34-28-31(38)36-29(25(20-42-32(28)36)24-17-10-18-26(24)35-40)33(39)41-30(22-13-6-2-7-14-22)23-15-8-3-9-16-23/h1-9,11-16,24,28,30,32,40H,10,17-20H2,(H,34,37)/b35-26+/t24?,28-,32-/m1/s1. The van der Waals surface area contributed by atoms with E-state index in [0.29, 0.717) is 17.9 Å². The SMILES string of the molecule is O=C(Cc1ccccc1)N[C@@H]1C(=O)N2C(C(=O)OC(c3ccccc3)c3ccccc3)=C(C3CCC/C3=N\O)CS[C@H]12. The number of thioether (sulfide) groups is 1.